The van der Waals surface area contributed by atoms with Gasteiger partial charge in [0, 0.05) is 47.5 Å². The molecule has 1 N–H and O–H groups in total. The van der Waals surface area contributed by atoms with Crippen molar-refractivity contribution in [2.45, 2.75) is 45.3 Å². The largest absolute Gasteiger partial charge is 0.495 e. The lowest BCUT2D eigenvalue weighted by Gasteiger charge is -2.24. The molecule has 0 saturated carbocycles. The van der Waals surface area contributed by atoms with E-state index >= 15 is 0 Å². The SMILES string of the molecule is COc1cn([C@@H](CCOC(C)(C)C)C(=O)Cc2ccc(C(=O)O)nc2)c(=O)cc1-c1cc(Cl)ccc1-c1ccon1. The number of carboxylic acids is 1. The molecule has 0 saturated heterocycles. The second kappa shape index (κ2) is 12.5. The molecule has 41 heavy (non-hydrogen) atoms. The first-order valence-electron chi connectivity index (χ1n) is 12.8. The van der Waals surface area contributed by atoms with Crippen LogP contribution in [0.4, 0.5) is 0 Å². The average Bonchev–Trinajstić information content (AvgIpc) is 3.46. The highest BCUT2D eigenvalue weighted by molar-refractivity contribution is 6.31. The molecule has 0 amide bonds. The zero-order valence-corrected chi connectivity index (χ0v) is 23.8. The number of hydrogen-bond donors (Lipinski definition) is 1. The van der Waals surface area contributed by atoms with Gasteiger partial charge in [-0.3, -0.25) is 9.59 Å². The summed E-state index contributed by atoms with van der Waals surface area (Å²) in [4.78, 5) is 42.3. The zero-order chi connectivity index (χ0) is 29.7. The monoisotopic (exact) mass is 579 g/mol. The van der Waals surface area contributed by atoms with Gasteiger partial charge in [0.2, 0.25) is 0 Å². The van der Waals surface area contributed by atoms with Crippen molar-refractivity contribution in [3.05, 3.63) is 87.8 Å². The number of halogens is 1. The lowest BCUT2D eigenvalue weighted by atomic mass is 9.97. The van der Waals surface area contributed by atoms with Crippen molar-refractivity contribution >= 4 is 23.4 Å². The van der Waals surface area contributed by atoms with Gasteiger partial charge in [-0.15, -0.1) is 0 Å². The molecule has 214 valence electrons. The first-order valence-corrected chi connectivity index (χ1v) is 13.2. The maximum Gasteiger partial charge on any atom is 0.354 e. The van der Waals surface area contributed by atoms with Gasteiger partial charge in [0.05, 0.1) is 24.9 Å². The molecule has 0 bridgehead atoms. The minimum atomic E-state index is -1.16. The van der Waals surface area contributed by atoms with Gasteiger partial charge in [0.25, 0.3) is 5.56 Å². The summed E-state index contributed by atoms with van der Waals surface area (Å²) >= 11 is 6.32. The van der Waals surface area contributed by atoms with Crippen molar-refractivity contribution in [2.75, 3.05) is 13.7 Å². The molecule has 0 fully saturated rings. The number of methoxy groups -OCH3 is 1. The molecule has 0 spiro atoms. The lowest BCUT2D eigenvalue weighted by molar-refractivity contribution is -0.122. The molecule has 0 aliphatic carbocycles. The van der Waals surface area contributed by atoms with Crippen LogP contribution in [0, 0.1) is 0 Å². The predicted octanol–water partition coefficient (Wildman–Crippen LogP) is 5.48. The number of Topliss-reactive ketones (excluding diaryl/α,β-unsaturated/α-hetero) is 1. The van der Waals surface area contributed by atoms with Gasteiger partial charge in [-0.2, -0.15) is 0 Å². The zero-order valence-electron chi connectivity index (χ0n) is 23.1. The molecule has 0 radical (unpaired) electrons. The van der Waals surface area contributed by atoms with Crippen LogP contribution in [0.3, 0.4) is 0 Å². The molecule has 3 aromatic heterocycles. The molecule has 0 aliphatic heterocycles. The molecule has 4 rings (SSSR count). The van der Waals surface area contributed by atoms with Crippen molar-refractivity contribution in [2.24, 2.45) is 0 Å². The topological polar surface area (TPSA) is 134 Å². The fourth-order valence-corrected chi connectivity index (χ4v) is 4.54. The Labute approximate surface area is 241 Å². The summed E-state index contributed by atoms with van der Waals surface area (Å²) in [6.07, 6.45) is 4.47. The quantitative estimate of drug-likeness (QED) is 0.245. The molecule has 1 aromatic carbocycles. The predicted molar refractivity (Wildman–Crippen MR) is 152 cm³/mol. The average molecular weight is 580 g/mol. The lowest BCUT2D eigenvalue weighted by Crippen LogP contribution is -2.32. The molecule has 10 nitrogen and oxygen atoms in total. The van der Waals surface area contributed by atoms with E-state index < -0.39 is 23.2 Å². The summed E-state index contributed by atoms with van der Waals surface area (Å²) in [6.45, 7) is 5.93. The number of nitrogens with zero attached hydrogens (tertiary/aromatic N) is 3. The molecular formula is C30H30ClN3O7. The molecule has 0 unspecified atom stereocenters. The number of pyridine rings is 2. The van der Waals surface area contributed by atoms with Crippen molar-refractivity contribution < 1.29 is 28.7 Å². The Kier molecular flexibility index (Phi) is 9.05. The van der Waals surface area contributed by atoms with Crippen LogP contribution >= 0.6 is 11.6 Å². The van der Waals surface area contributed by atoms with Crippen LogP contribution in [0.1, 0.15) is 49.3 Å². The number of carbonyl (C=O) groups is 2. The normalized spacial score (nSPS) is 12.2. The van der Waals surface area contributed by atoms with E-state index in [1.165, 1.54) is 48.5 Å². The number of carboxylic acid groups (broad SMARTS) is 1. The second-order valence-electron chi connectivity index (χ2n) is 10.3. The summed E-state index contributed by atoms with van der Waals surface area (Å²) < 4.78 is 17.9. The standard InChI is InChI=1S/C30H30ClN3O7/c1-30(2,3)40-11-10-25(26(35)13-18-5-8-24(29(37)38)32-16-18)34-17-27(39-4)22(15-28(34)36)21-14-19(31)6-7-20(21)23-9-12-41-33-23/h5-9,12,14-17,25H,10-11,13H2,1-4H3,(H,37,38)/t25-/m0/s1. The molecule has 1 atom stereocenters. The Morgan fingerprint density at radius 1 is 1.10 bits per heavy atom. The van der Waals surface area contributed by atoms with Crippen LogP contribution in [0.2, 0.25) is 5.02 Å². The Morgan fingerprint density at radius 2 is 1.88 bits per heavy atom. The van der Waals surface area contributed by atoms with Crippen molar-refractivity contribution in [1.82, 2.24) is 14.7 Å². The number of rotatable bonds is 11. The highest BCUT2D eigenvalue weighted by Crippen LogP contribution is 2.38. The van der Waals surface area contributed by atoms with Crippen LogP contribution in [-0.2, 0) is 16.0 Å². The Bertz CT molecular complexity index is 1590. The number of aromatic nitrogens is 3. The first kappa shape index (κ1) is 29.7. The van der Waals surface area contributed by atoms with Crippen LogP contribution < -0.4 is 10.3 Å². The van der Waals surface area contributed by atoms with Crippen LogP contribution in [0.15, 0.2) is 70.4 Å². The number of ether oxygens (including phenoxy) is 2. The maximum absolute atomic E-state index is 13.6. The highest BCUT2D eigenvalue weighted by Gasteiger charge is 2.25. The van der Waals surface area contributed by atoms with Gasteiger partial charge in [-0.05, 0) is 56.5 Å². The third-order valence-corrected chi connectivity index (χ3v) is 6.54. The fraction of sp³-hybridized carbons (Fsp3) is 0.300. The van der Waals surface area contributed by atoms with Gasteiger partial charge in [-0.25, -0.2) is 9.78 Å². The van der Waals surface area contributed by atoms with Gasteiger partial charge >= 0.3 is 5.97 Å². The third-order valence-electron chi connectivity index (χ3n) is 6.31. The van der Waals surface area contributed by atoms with Gasteiger partial charge in [0.15, 0.2) is 5.78 Å². The van der Waals surface area contributed by atoms with Gasteiger partial charge in [0.1, 0.15) is 23.4 Å². The Balaban J connectivity index is 1.75. The van der Waals surface area contributed by atoms with Crippen LogP contribution in [-0.4, -0.2) is 50.9 Å². The van der Waals surface area contributed by atoms with Crippen molar-refractivity contribution in [3.8, 4) is 28.1 Å². The highest BCUT2D eigenvalue weighted by atomic mass is 35.5. The maximum atomic E-state index is 13.6. The van der Waals surface area contributed by atoms with Gasteiger partial charge < -0.3 is 23.7 Å². The van der Waals surface area contributed by atoms with Crippen LogP contribution in [0.5, 0.6) is 5.75 Å². The van der Waals surface area contributed by atoms with E-state index in [0.717, 1.165) is 0 Å². The summed E-state index contributed by atoms with van der Waals surface area (Å²) in [5.41, 5.74) is 1.84. The number of aromatic carboxylic acids is 1. The third kappa shape index (κ3) is 7.27. The minimum Gasteiger partial charge on any atom is -0.495 e. The van der Waals surface area contributed by atoms with E-state index in [2.05, 4.69) is 10.1 Å². The van der Waals surface area contributed by atoms with E-state index in [1.54, 1.807) is 24.3 Å². The molecule has 3 heterocycles. The number of ketones is 1. The summed E-state index contributed by atoms with van der Waals surface area (Å²) in [5.74, 6) is -1.08. The fourth-order valence-electron chi connectivity index (χ4n) is 4.37. The summed E-state index contributed by atoms with van der Waals surface area (Å²) in [5, 5.41) is 13.6. The first-order chi connectivity index (χ1) is 19.5. The van der Waals surface area contributed by atoms with Crippen molar-refractivity contribution in [3.63, 3.8) is 0 Å². The van der Waals surface area contributed by atoms with Crippen LogP contribution in [0.25, 0.3) is 22.4 Å². The van der Waals surface area contributed by atoms with E-state index in [-0.39, 0.29) is 30.9 Å². The summed E-state index contributed by atoms with van der Waals surface area (Å²) in [7, 11) is 1.48. The molecular weight excluding hydrogens is 550 g/mol. The summed E-state index contributed by atoms with van der Waals surface area (Å²) in [6, 6.07) is 10.3. The van der Waals surface area contributed by atoms with E-state index in [1.807, 2.05) is 20.8 Å². The number of carbonyl (C=O) groups excluding carboxylic acids is 1. The Hall–Kier alpha value is -4.28. The molecule has 11 heteroatoms. The second-order valence-corrected chi connectivity index (χ2v) is 10.8. The van der Waals surface area contributed by atoms with E-state index in [4.69, 9.17) is 30.7 Å². The van der Waals surface area contributed by atoms with E-state index in [0.29, 0.717) is 38.7 Å². The smallest absolute Gasteiger partial charge is 0.354 e. The van der Waals surface area contributed by atoms with Gasteiger partial charge in [-0.1, -0.05) is 28.9 Å². The van der Waals surface area contributed by atoms with Crippen molar-refractivity contribution in [1.29, 1.82) is 0 Å². The molecule has 0 aliphatic rings. The van der Waals surface area contributed by atoms with E-state index in [9.17, 15) is 14.4 Å². The number of hydrogen-bond acceptors (Lipinski definition) is 8. The minimum absolute atomic E-state index is 0.0613. The Morgan fingerprint density at radius 3 is 2.49 bits per heavy atom. The number of benzene rings is 1. The molecule has 4 aromatic rings.